The zero-order valence-electron chi connectivity index (χ0n) is 18.6. The molecule has 0 unspecified atom stereocenters. The molecule has 0 saturated carbocycles. The van der Waals surface area contributed by atoms with Gasteiger partial charge in [0.2, 0.25) is 5.91 Å². The number of hydrogen-bond donors (Lipinski definition) is 1. The lowest BCUT2D eigenvalue weighted by atomic mass is 9.97. The number of carbonyl (C=O) groups is 2. The van der Waals surface area contributed by atoms with Crippen molar-refractivity contribution in [1.82, 2.24) is 25.2 Å². The van der Waals surface area contributed by atoms with Crippen molar-refractivity contribution in [3.05, 3.63) is 42.1 Å². The molecule has 0 spiro atoms. The van der Waals surface area contributed by atoms with Gasteiger partial charge in [-0.1, -0.05) is 0 Å². The Labute approximate surface area is 185 Å². The Hall–Kier alpha value is -3.17. The van der Waals surface area contributed by atoms with Crippen molar-refractivity contribution >= 4 is 12.0 Å². The zero-order chi connectivity index (χ0) is 23.5. The maximum Gasteiger partial charge on any atom is 0.411 e. The first kappa shape index (κ1) is 23.5. The van der Waals surface area contributed by atoms with E-state index in [1.807, 2.05) is 0 Å². The lowest BCUT2D eigenvalue weighted by molar-refractivity contribution is -0.131. The van der Waals surface area contributed by atoms with E-state index >= 15 is 0 Å². The average Bonchev–Trinajstić information content (AvgIpc) is 3.06. The molecule has 1 aliphatic heterocycles. The lowest BCUT2D eigenvalue weighted by Crippen LogP contribution is -2.56. The molecule has 2 atom stereocenters. The largest absolute Gasteiger partial charge is 0.444 e. The van der Waals surface area contributed by atoms with E-state index in [0.29, 0.717) is 22.6 Å². The number of ether oxygens (including phenoxy) is 1. The molecular formula is C22H27F2N5O3. The van der Waals surface area contributed by atoms with E-state index in [9.17, 15) is 18.4 Å². The van der Waals surface area contributed by atoms with Crippen molar-refractivity contribution in [3.63, 3.8) is 0 Å². The van der Waals surface area contributed by atoms with E-state index in [-0.39, 0.29) is 19.5 Å². The number of carbonyl (C=O) groups excluding carboxylic acids is 2. The minimum atomic E-state index is -1.39. The fourth-order valence-corrected chi connectivity index (χ4v) is 3.48. The van der Waals surface area contributed by atoms with Crippen LogP contribution >= 0.6 is 0 Å². The molecule has 1 aliphatic rings. The predicted molar refractivity (Wildman–Crippen MR) is 113 cm³/mol. The first-order valence-electron chi connectivity index (χ1n) is 10.3. The maximum atomic E-state index is 14.2. The highest BCUT2D eigenvalue weighted by atomic mass is 19.1. The van der Waals surface area contributed by atoms with Gasteiger partial charge in [-0.25, -0.2) is 23.5 Å². The SMILES string of the molecule is CC(C)(C)OC(=O)N1C[C@H](F)C[C@@]1(C)C(=O)NCc1cc(-c2ccc(CF)nc2)ncn1. The second-order valence-electron chi connectivity index (χ2n) is 8.92. The summed E-state index contributed by atoms with van der Waals surface area (Å²) in [6, 6.07) is 4.94. The zero-order valence-corrected chi connectivity index (χ0v) is 18.6. The van der Waals surface area contributed by atoms with Crippen LogP contribution in [0.4, 0.5) is 13.6 Å². The molecule has 0 aromatic carbocycles. The second kappa shape index (κ2) is 9.13. The van der Waals surface area contributed by atoms with Crippen LogP contribution in [0.25, 0.3) is 11.3 Å². The Kier molecular flexibility index (Phi) is 6.71. The fraction of sp³-hybridized carbons (Fsp3) is 0.500. The summed E-state index contributed by atoms with van der Waals surface area (Å²) in [6.07, 6.45) is 0.674. The van der Waals surface area contributed by atoms with Crippen LogP contribution in [0.3, 0.4) is 0 Å². The number of halogens is 2. The average molecular weight is 447 g/mol. The number of pyridine rings is 1. The van der Waals surface area contributed by atoms with Crippen molar-refractivity contribution in [2.45, 2.75) is 64.6 Å². The number of likely N-dealkylation sites (tertiary alicyclic amines) is 1. The van der Waals surface area contributed by atoms with Gasteiger partial charge in [0.1, 0.15) is 30.3 Å². The standard InChI is InChI=1S/C22H27F2N5O3/c1-21(2,3)32-20(31)29-12-15(24)8-22(29,4)19(30)26-11-17-7-18(28-13-27-17)14-5-6-16(9-23)25-10-14/h5-7,10,13,15H,8-9,11-12H2,1-4H3,(H,26,30)/t15-,22+/m1/s1. The Morgan fingerprint density at radius 3 is 2.62 bits per heavy atom. The molecule has 0 bridgehead atoms. The van der Waals surface area contributed by atoms with Gasteiger partial charge in [-0.2, -0.15) is 0 Å². The van der Waals surface area contributed by atoms with Crippen molar-refractivity contribution < 1.29 is 23.1 Å². The molecule has 3 heterocycles. The number of aromatic nitrogens is 3. The minimum Gasteiger partial charge on any atom is -0.444 e. The highest BCUT2D eigenvalue weighted by Gasteiger charge is 2.51. The fourth-order valence-electron chi connectivity index (χ4n) is 3.48. The van der Waals surface area contributed by atoms with Gasteiger partial charge >= 0.3 is 6.09 Å². The van der Waals surface area contributed by atoms with Gasteiger partial charge in [-0.05, 0) is 45.9 Å². The third kappa shape index (κ3) is 5.35. The number of rotatable bonds is 5. The molecule has 32 heavy (non-hydrogen) atoms. The van der Waals surface area contributed by atoms with Crippen LogP contribution in [-0.4, -0.2) is 55.7 Å². The van der Waals surface area contributed by atoms with Gasteiger partial charge in [0.25, 0.3) is 0 Å². The molecule has 0 aliphatic carbocycles. The van der Waals surface area contributed by atoms with Crippen LogP contribution in [0.15, 0.2) is 30.7 Å². The molecular weight excluding hydrogens is 420 g/mol. The predicted octanol–water partition coefficient (Wildman–Crippen LogP) is 3.36. The van der Waals surface area contributed by atoms with Crippen molar-refractivity contribution in [1.29, 1.82) is 0 Å². The van der Waals surface area contributed by atoms with Crippen LogP contribution in [0.2, 0.25) is 0 Å². The summed E-state index contributed by atoms with van der Waals surface area (Å²) in [5, 5.41) is 2.74. The normalized spacial score (nSPS) is 20.8. The number of alkyl halides is 2. The molecule has 0 radical (unpaired) electrons. The Bertz CT molecular complexity index is 980. The molecule has 172 valence electrons. The summed E-state index contributed by atoms with van der Waals surface area (Å²) in [7, 11) is 0. The number of nitrogens with one attached hydrogen (secondary N) is 1. The Morgan fingerprint density at radius 1 is 1.25 bits per heavy atom. The molecule has 1 saturated heterocycles. The number of amides is 2. The first-order chi connectivity index (χ1) is 15.0. The second-order valence-corrected chi connectivity index (χ2v) is 8.92. The van der Waals surface area contributed by atoms with Crippen molar-refractivity contribution in [2.24, 2.45) is 0 Å². The van der Waals surface area contributed by atoms with Crippen LogP contribution in [0.5, 0.6) is 0 Å². The molecule has 3 rings (SSSR count). The molecule has 1 N–H and O–H groups in total. The van der Waals surface area contributed by atoms with Gasteiger partial charge in [0.15, 0.2) is 0 Å². The van der Waals surface area contributed by atoms with Gasteiger partial charge in [-0.3, -0.25) is 14.7 Å². The molecule has 10 heteroatoms. The maximum absolute atomic E-state index is 14.2. The van der Waals surface area contributed by atoms with E-state index in [2.05, 4.69) is 20.3 Å². The van der Waals surface area contributed by atoms with Gasteiger partial charge in [0.05, 0.1) is 30.2 Å². The highest BCUT2D eigenvalue weighted by Crippen LogP contribution is 2.33. The summed E-state index contributed by atoms with van der Waals surface area (Å²) in [5.74, 6) is -0.502. The number of hydrogen-bond acceptors (Lipinski definition) is 6. The molecule has 2 aromatic rings. The lowest BCUT2D eigenvalue weighted by Gasteiger charge is -2.34. The van der Waals surface area contributed by atoms with Gasteiger partial charge < -0.3 is 10.1 Å². The van der Waals surface area contributed by atoms with Crippen molar-refractivity contribution in [3.8, 4) is 11.3 Å². The summed E-state index contributed by atoms with van der Waals surface area (Å²) < 4.78 is 32.2. The molecule has 1 fully saturated rings. The van der Waals surface area contributed by atoms with E-state index in [1.165, 1.54) is 19.4 Å². The third-order valence-electron chi connectivity index (χ3n) is 5.11. The smallest absolute Gasteiger partial charge is 0.411 e. The summed E-state index contributed by atoms with van der Waals surface area (Å²) in [4.78, 5) is 39.0. The van der Waals surface area contributed by atoms with Gasteiger partial charge in [-0.15, -0.1) is 0 Å². The first-order valence-corrected chi connectivity index (χ1v) is 10.3. The van der Waals surface area contributed by atoms with E-state index in [1.54, 1.807) is 39.0 Å². The van der Waals surface area contributed by atoms with Crippen LogP contribution < -0.4 is 5.32 Å². The molecule has 8 nitrogen and oxygen atoms in total. The van der Waals surface area contributed by atoms with E-state index < -0.39 is 36.0 Å². The van der Waals surface area contributed by atoms with Crippen LogP contribution in [0, 0.1) is 0 Å². The van der Waals surface area contributed by atoms with Crippen LogP contribution in [-0.2, 0) is 22.8 Å². The molecule has 2 amide bonds. The minimum absolute atomic E-state index is 0.0546. The van der Waals surface area contributed by atoms with E-state index in [0.717, 1.165) is 4.90 Å². The summed E-state index contributed by atoms with van der Waals surface area (Å²) >= 11 is 0. The topological polar surface area (TPSA) is 97.3 Å². The Balaban J connectivity index is 1.70. The quantitative estimate of drug-likeness (QED) is 0.755. The highest BCUT2D eigenvalue weighted by molar-refractivity contribution is 5.90. The van der Waals surface area contributed by atoms with Gasteiger partial charge in [0, 0.05) is 18.2 Å². The third-order valence-corrected chi connectivity index (χ3v) is 5.11. The summed E-state index contributed by atoms with van der Waals surface area (Å²) in [5.41, 5.74) is -0.0769. The van der Waals surface area contributed by atoms with E-state index in [4.69, 9.17) is 4.74 Å². The monoisotopic (exact) mass is 447 g/mol. The number of nitrogens with zero attached hydrogens (tertiary/aromatic N) is 4. The van der Waals surface area contributed by atoms with Crippen LogP contribution in [0.1, 0.15) is 45.5 Å². The van der Waals surface area contributed by atoms with Crippen molar-refractivity contribution in [2.75, 3.05) is 6.54 Å². The Morgan fingerprint density at radius 2 is 2.00 bits per heavy atom. The summed E-state index contributed by atoms with van der Waals surface area (Å²) in [6.45, 7) is 5.84. The molecule has 2 aromatic heterocycles.